The van der Waals surface area contributed by atoms with Gasteiger partial charge in [-0.2, -0.15) is 0 Å². The highest BCUT2D eigenvalue weighted by atomic mass is 16.3. The van der Waals surface area contributed by atoms with Crippen molar-refractivity contribution in [1.29, 1.82) is 0 Å². The van der Waals surface area contributed by atoms with Gasteiger partial charge in [0.15, 0.2) is 0 Å². The van der Waals surface area contributed by atoms with Crippen molar-refractivity contribution in [2.45, 2.75) is 45.4 Å². The predicted octanol–water partition coefficient (Wildman–Crippen LogP) is 4.56. The summed E-state index contributed by atoms with van der Waals surface area (Å²) in [5.74, 6) is 1.41. The molecule has 0 saturated heterocycles. The second-order valence-corrected chi connectivity index (χ2v) is 6.46. The summed E-state index contributed by atoms with van der Waals surface area (Å²) in [6, 6.07) is 0. The molecule has 0 spiro atoms. The van der Waals surface area contributed by atoms with Crippen LogP contribution in [0, 0.1) is 17.3 Å². The summed E-state index contributed by atoms with van der Waals surface area (Å²) in [5.41, 5.74) is 3.40. The van der Waals surface area contributed by atoms with Gasteiger partial charge in [0, 0.05) is 12.0 Å². The Morgan fingerprint density at radius 2 is 2.05 bits per heavy atom. The molecule has 1 N–H and O–H groups in total. The fourth-order valence-corrected chi connectivity index (χ4v) is 4.73. The van der Waals surface area contributed by atoms with Gasteiger partial charge < -0.3 is 5.11 Å². The Hall–Kier alpha value is -1.08. The number of aliphatic hydroxyl groups excluding tert-OH is 1. The molecule has 1 saturated carbocycles. The van der Waals surface area contributed by atoms with Crippen LogP contribution < -0.4 is 0 Å². The van der Waals surface area contributed by atoms with Crippen molar-refractivity contribution in [3.63, 3.8) is 0 Å². The minimum atomic E-state index is 0.185. The monoisotopic (exact) mass is 270 g/mol. The van der Waals surface area contributed by atoms with E-state index < -0.39 is 0 Å². The molecule has 3 atom stereocenters. The molecule has 3 rings (SSSR count). The molecular weight excluding hydrogens is 244 g/mol. The first-order chi connectivity index (χ1) is 9.81. The van der Waals surface area contributed by atoms with Crippen molar-refractivity contribution < 1.29 is 5.11 Å². The van der Waals surface area contributed by atoms with Crippen molar-refractivity contribution in [1.82, 2.24) is 0 Å². The van der Waals surface area contributed by atoms with E-state index in [4.69, 9.17) is 0 Å². The number of aliphatic hydroxyl groups is 1. The molecule has 1 fully saturated rings. The van der Waals surface area contributed by atoms with Crippen molar-refractivity contribution in [2.24, 2.45) is 17.3 Å². The first-order valence-corrected chi connectivity index (χ1v) is 8.15. The molecule has 0 amide bonds. The maximum Gasteiger partial charge on any atom is 0.0439 e. The Balaban J connectivity index is 1.96. The lowest BCUT2D eigenvalue weighted by molar-refractivity contribution is 0.156. The molecule has 0 aromatic rings. The molecule has 108 valence electrons. The van der Waals surface area contributed by atoms with Crippen molar-refractivity contribution in [2.75, 3.05) is 6.61 Å². The Morgan fingerprint density at radius 1 is 1.20 bits per heavy atom. The molecule has 1 nitrogen and oxygen atoms in total. The van der Waals surface area contributed by atoms with E-state index in [0.29, 0.717) is 12.5 Å². The second kappa shape index (κ2) is 5.73. The van der Waals surface area contributed by atoms with Gasteiger partial charge in [0.1, 0.15) is 0 Å². The van der Waals surface area contributed by atoms with Crippen LogP contribution >= 0.6 is 0 Å². The van der Waals surface area contributed by atoms with Gasteiger partial charge in [-0.1, -0.05) is 54.5 Å². The maximum atomic E-state index is 9.67. The van der Waals surface area contributed by atoms with Crippen LogP contribution in [-0.4, -0.2) is 11.7 Å². The van der Waals surface area contributed by atoms with E-state index in [2.05, 4.69) is 43.4 Å². The molecule has 0 bridgehead atoms. The van der Waals surface area contributed by atoms with Gasteiger partial charge in [0.25, 0.3) is 0 Å². The molecule has 0 heterocycles. The summed E-state index contributed by atoms with van der Waals surface area (Å²) in [6.45, 7) is 2.61. The normalized spacial score (nSPS) is 30.9. The number of allylic oxidation sites excluding steroid dienone is 8. The van der Waals surface area contributed by atoms with E-state index in [1.54, 1.807) is 11.1 Å². The first kappa shape index (κ1) is 13.9. The molecule has 3 unspecified atom stereocenters. The Labute approximate surface area is 122 Å². The highest BCUT2D eigenvalue weighted by Gasteiger charge is 2.46. The summed E-state index contributed by atoms with van der Waals surface area (Å²) in [7, 11) is 0. The van der Waals surface area contributed by atoms with Gasteiger partial charge in [-0.3, -0.25) is 0 Å². The van der Waals surface area contributed by atoms with Gasteiger partial charge in [-0.25, -0.2) is 0 Å². The zero-order chi connectivity index (χ0) is 14.0. The van der Waals surface area contributed by atoms with Crippen LogP contribution in [0.5, 0.6) is 0 Å². The lowest BCUT2D eigenvalue weighted by atomic mass is 9.63. The third kappa shape index (κ3) is 2.13. The van der Waals surface area contributed by atoms with Crippen LogP contribution in [0.1, 0.15) is 45.4 Å². The fraction of sp³-hybridized carbons (Fsp3) is 0.579. The standard InChI is InChI=1S/C19H26O/c1-2-19(13-14-20,16-8-4-5-9-16)18-12-11-15-7-3-6-10-17(15)18/h3-6,8,10,15,18,20H,2,7,9,11-14H2,1H3. The molecule has 3 aliphatic carbocycles. The minimum absolute atomic E-state index is 0.185. The lowest BCUT2D eigenvalue weighted by Gasteiger charge is -2.41. The topological polar surface area (TPSA) is 20.2 Å². The molecule has 0 aromatic heterocycles. The summed E-state index contributed by atoms with van der Waals surface area (Å²) < 4.78 is 0. The van der Waals surface area contributed by atoms with Crippen LogP contribution in [0.2, 0.25) is 0 Å². The Bertz CT molecular complexity index is 480. The van der Waals surface area contributed by atoms with Gasteiger partial charge in [0.05, 0.1) is 0 Å². The molecule has 20 heavy (non-hydrogen) atoms. The highest BCUT2D eigenvalue weighted by molar-refractivity contribution is 5.36. The zero-order valence-electron chi connectivity index (χ0n) is 12.5. The van der Waals surface area contributed by atoms with Gasteiger partial charge in [0.2, 0.25) is 0 Å². The number of hydrogen-bond acceptors (Lipinski definition) is 1. The summed E-state index contributed by atoms with van der Waals surface area (Å²) in [5, 5.41) is 9.67. The maximum absolute atomic E-state index is 9.67. The van der Waals surface area contributed by atoms with E-state index in [1.807, 2.05) is 0 Å². The van der Waals surface area contributed by atoms with Gasteiger partial charge in [-0.15, -0.1) is 0 Å². The average molecular weight is 270 g/mol. The Morgan fingerprint density at radius 3 is 2.75 bits per heavy atom. The molecule has 1 heteroatoms. The van der Waals surface area contributed by atoms with E-state index in [9.17, 15) is 5.11 Å². The van der Waals surface area contributed by atoms with E-state index in [0.717, 1.165) is 25.2 Å². The minimum Gasteiger partial charge on any atom is -0.396 e. The summed E-state index contributed by atoms with van der Waals surface area (Å²) in [4.78, 5) is 0. The van der Waals surface area contributed by atoms with Gasteiger partial charge >= 0.3 is 0 Å². The smallest absolute Gasteiger partial charge is 0.0439 e. The van der Waals surface area contributed by atoms with Crippen molar-refractivity contribution >= 4 is 0 Å². The third-order valence-electron chi connectivity index (χ3n) is 5.79. The van der Waals surface area contributed by atoms with E-state index in [1.165, 1.54) is 19.3 Å². The lowest BCUT2D eigenvalue weighted by Crippen LogP contribution is -2.33. The van der Waals surface area contributed by atoms with Crippen LogP contribution in [0.25, 0.3) is 0 Å². The molecule has 0 aromatic carbocycles. The van der Waals surface area contributed by atoms with Crippen LogP contribution in [0.3, 0.4) is 0 Å². The summed E-state index contributed by atoms with van der Waals surface area (Å²) in [6.07, 6.45) is 20.7. The van der Waals surface area contributed by atoms with Crippen LogP contribution in [-0.2, 0) is 0 Å². The third-order valence-corrected chi connectivity index (χ3v) is 5.79. The average Bonchev–Trinajstić information content (AvgIpc) is 3.15. The predicted molar refractivity (Wildman–Crippen MR) is 84.3 cm³/mol. The molecule has 0 aliphatic heterocycles. The quantitative estimate of drug-likeness (QED) is 0.776. The van der Waals surface area contributed by atoms with Gasteiger partial charge in [-0.05, 0) is 50.4 Å². The fourth-order valence-electron chi connectivity index (χ4n) is 4.73. The molecular formula is C19H26O. The first-order valence-electron chi connectivity index (χ1n) is 8.15. The van der Waals surface area contributed by atoms with Crippen molar-refractivity contribution in [3.05, 3.63) is 47.6 Å². The SMILES string of the molecule is CCC(CCO)(C1=CC=CC1)C1CCC2CC=CC=C21. The second-order valence-electron chi connectivity index (χ2n) is 6.46. The van der Waals surface area contributed by atoms with Crippen molar-refractivity contribution in [3.8, 4) is 0 Å². The summed E-state index contributed by atoms with van der Waals surface area (Å²) >= 11 is 0. The highest BCUT2D eigenvalue weighted by Crippen LogP contribution is 2.56. The van der Waals surface area contributed by atoms with E-state index in [-0.39, 0.29) is 5.41 Å². The number of fused-ring (bicyclic) bond motifs is 1. The largest absolute Gasteiger partial charge is 0.396 e. The number of rotatable bonds is 5. The molecule has 3 aliphatic rings. The Kier molecular flexibility index (Phi) is 3.98. The van der Waals surface area contributed by atoms with E-state index >= 15 is 0 Å². The zero-order valence-corrected chi connectivity index (χ0v) is 12.5. The number of hydrogen-bond donors (Lipinski definition) is 1. The van der Waals surface area contributed by atoms with Crippen LogP contribution in [0.15, 0.2) is 47.6 Å². The van der Waals surface area contributed by atoms with Crippen LogP contribution in [0.4, 0.5) is 0 Å². The molecule has 0 radical (unpaired) electrons.